The lowest BCUT2D eigenvalue weighted by molar-refractivity contribution is 0.101. The molecule has 4 heteroatoms. The molecule has 2 aromatic rings. The second-order valence-electron chi connectivity index (χ2n) is 4.06. The zero-order valence-corrected chi connectivity index (χ0v) is 12.3. The van der Waals surface area contributed by atoms with Crippen molar-refractivity contribution in [2.75, 3.05) is 20.0 Å². The molecule has 0 N–H and O–H groups in total. The number of thioether (sulfide) groups is 1. The number of hydrogen-bond donors (Lipinski definition) is 0. The van der Waals surface area contributed by atoms with Crippen LogP contribution in [0.25, 0.3) is 0 Å². The van der Waals surface area contributed by atoms with Gasteiger partial charge in [0.25, 0.3) is 0 Å². The molecular formula is C16H16O3S. The molecule has 0 aromatic heterocycles. The number of carbonyl (C=O) groups excluding carboxylic acids is 1. The van der Waals surface area contributed by atoms with E-state index in [9.17, 15) is 4.79 Å². The maximum absolute atomic E-state index is 12.3. The van der Waals surface area contributed by atoms with Crippen molar-refractivity contribution in [1.29, 1.82) is 0 Å². The molecule has 20 heavy (non-hydrogen) atoms. The van der Waals surface area contributed by atoms with Crippen LogP contribution in [0, 0.1) is 0 Å². The average molecular weight is 288 g/mol. The summed E-state index contributed by atoms with van der Waals surface area (Å²) in [6.45, 7) is 0. The first-order valence-electron chi connectivity index (χ1n) is 6.18. The number of ketones is 1. The smallest absolute Gasteiger partial charge is 0.176 e. The van der Waals surface area contributed by atoms with Crippen molar-refractivity contribution in [2.45, 2.75) is 4.90 Å². The fourth-order valence-electron chi connectivity index (χ4n) is 1.83. The second-order valence-corrected chi connectivity index (χ2v) is 5.08. The summed E-state index contributed by atoms with van der Waals surface area (Å²) in [5, 5.41) is 0. The molecule has 0 saturated carbocycles. The predicted octanol–water partition coefficient (Wildman–Crippen LogP) is 3.68. The van der Waals surface area contributed by atoms with Crippen LogP contribution in [0.2, 0.25) is 0 Å². The van der Waals surface area contributed by atoms with Crippen molar-refractivity contribution in [3.8, 4) is 11.5 Å². The lowest BCUT2D eigenvalue weighted by Gasteiger charge is -2.09. The van der Waals surface area contributed by atoms with E-state index < -0.39 is 0 Å². The first-order valence-corrected chi connectivity index (χ1v) is 7.17. The quantitative estimate of drug-likeness (QED) is 0.600. The van der Waals surface area contributed by atoms with E-state index in [0.29, 0.717) is 17.1 Å². The molecule has 0 fully saturated rings. The molecule has 0 unspecified atom stereocenters. The third-order valence-electron chi connectivity index (χ3n) is 2.84. The number of ether oxygens (including phenoxy) is 2. The fraction of sp³-hybridized carbons (Fsp3) is 0.188. The van der Waals surface area contributed by atoms with E-state index in [1.165, 1.54) is 11.8 Å². The Morgan fingerprint density at radius 1 is 0.950 bits per heavy atom. The Bertz CT molecular complexity index is 596. The zero-order valence-electron chi connectivity index (χ0n) is 11.5. The van der Waals surface area contributed by atoms with Crippen LogP contribution < -0.4 is 9.47 Å². The molecule has 0 heterocycles. The van der Waals surface area contributed by atoms with E-state index in [1.807, 2.05) is 36.4 Å². The van der Waals surface area contributed by atoms with Gasteiger partial charge in [-0.3, -0.25) is 4.79 Å². The summed E-state index contributed by atoms with van der Waals surface area (Å²) in [4.78, 5) is 13.2. The van der Waals surface area contributed by atoms with E-state index in [-0.39, 0.29) is 5.78 Å². The molecule has 0 aliphatic heterocycles. The van der Waals surface area contributed by atoms with Gasteiger partial charge in [-0.1, -0.05) is 24.3 Å². The molecule has 3 nitrogen and oxygen atoms in total. The van der Waals surface area contributed by atoms with Gasteiger partial charge in [0.05, 0.1) is 25.5 Å². The number of rotatable bonds is 6. The SMILES string of the molecule is COc1ccccc1SCC(=O)c1ccccc1OC. The number of benzene rings is 2. The molecule has 0 aliphatic rings. The largest absolute Gasteiger partial charge is 0.496 e. The number of Topliss-reactive ketones (excluding diaryl/α,β-unsaturated/α-hetero) is 1. The topological polar surface area (TPSA) is 35.5 Å². The predicted molar refractivity (Wildman–Crippen MR) is 81.0 cm³/mol. The Hall–Kier alpha value is -1.94. The summed E-state index contributed by atoms with van der Waals surface area (Å²) in [6.07, 6.45) is 0. The summed E-state index contributed by atoms with van der Waals surface area (Å²) < 4.78 is 10.5. The molecule has 0 atom stereocenters. The number of hydrogen-bond acceptors (Lipinski definition) is 4. The molecule has 104 valence electrons. The van der Waals surface area contributed by atoms with E-state index in [4.69, 9.17) is 9.47 Å². The van der Waals surface area contributed by atoms with Crippen LogP contribution in [-0.4, -0.2) is 25.8 Å². The normalized spacial score (nSPS) is 10.1. The minimum atomic E-state index is 0.0401. The second kappa shape index (κ2) is 7.01. The van der Waals surface area contributed by atoms with Gasteiger partial charge in [-0.25, -0.2) is 0 Å². The van der Waals surface area contributed by atoms with Crippen molar-refractivity contribution >= 4 is 17.5 Å². The van der Waals surface area contributed by atoms with Gasteiger partial charge in [-0.15, -0.1) is 11.8 Å². The lowest BCUT2D eigenvalue weighted by atomic mass is 10.1. The Morgan fingerprint density at radius 2 is 1.55 bits per heavy atom. The Balaban J connectivity index is 2.09. The van der Waals surface area contributed by atoms with Crippen LogP contribution in [0.5, 0.6) is 11.5 Å². The van der Waals surface area contributed by atoms with Gasteiger partial charge in [-0.2, -0.15) is 0 Å². The van der Waals surface area contributed by atoms with Crippen molar-refractivity contribution in [1.82, 2.24) is 0 Å². The molecule has 2 rings (SSSR count). The first kappa shape index (κ1) is 14.5. The number of methoxy groups -OCH3 is 2. The summed E-state index contributed by atoms with van der Waals surface area (Å²) in [6, 6.07) is 14.9. The first-order chi connectivity index (χ1) is 9.76. The minimum Gasteiger partial charge on any atom is -0.496 e. The van der Waals surface area contributed by atoms with E-state index in [0.717, 1.165) is 10.6 Å². The fourth-order valence-corrected chi connectivity index (χ4v) is 2.74. The van der Waals surface area contributed by atoms with Crippen molar-refractivity contribution in [3.63, 3.8) is 0 Å². The summed E-state index contributed by atoms with van der Waals surface area (Å²) in [5.41, 5.74) is 0.609. The van der Waals surface area contributed by atoms with Crippen molar-refractivity contribution in [3.05, 3.63) is 54.1 Å². The average Bonchev–Trinajstić information content (AvgIpc) is 2.52. The standard InChI is InChI=1S/C16H16O3S/c1-18-14-8-4-3-7-12(14)13(17)11-20-16-10-6-5-9-15(16)19-2/h3-10H,11H2,1-2H3. The zero-order chi connectivity index (χ0) is 14.4. The summed E-state index contributed by atoms with van der Waals surface area (Å²) >= 11 is 1.46. The van der Waals surface area contributed by atoms with Crippen LogP contribution in [0.15, 0.2) is 53.4 Å². The van der Waals surface area contributed by atoms with Crippen molar-refractivity contribution < 1.29 is 14.3 Å². The maximum Gasteiger partial charge on any atom is 0.176 e. The van der Waals surface area contributed by atoms with E-state index in [2.05, 4.69) is 0 Å². The Labute approximate surface area is 122 Å². The highest BCUT2D eigenvalue weighted by atomic mass is 32.2. The third-order valence-corrected chi connectivity index (χ3v) is 3.89. The van der Waals surface area contributed by atoms with Gasteiger partial charge in [0.15, 0.2) is 5.78 Å². The molecule has 0 spiro atoms. The van der Waals surface area contributed by atoms with Gasteiger partial charge < -0.3 is 9.47 Å². The number of carbonyl (C=O) groups is 1. The van der Waals surface area contributed by atoms with Gasteiger partial charge >= 0.3 is 0 Å². The number of para-hydroxylation sites is 2. The van der Waals surface area contributed by atoms with Crippen LogP contribution in [0.4, 0.5) is 0 Å². The van der Waals surface area contributed by atoms with Crippen LogP contribution in [-0.2, 0) is 0 Å². The van der Waals surface area contributed by atoms with Gasteiger partial charge in [0, 0.05) is 4.90 Å². The highest BCUT2D eigenvalue weighted by Gasteiger charge is 2.13. The minimum absolute atomic E-state index is 0.0401. The van der Waals surface area contributed by atoms with E-state index >= 15 is 0 Å². The molecule has 0 saturated heterocycles. The summed E-state index contributed by atoms with van der Waals surface area (Å²) in [7, 11) is 3.20. The highest BCUT2D eigenvalue weighted by Crippen LogP contribution is 2.30. The molecule has 0 radical (unpaired) electrons. The molecule has 0 bridgehead atoms. The molecule has 0 aliphatic carbocycles. The van der Waals surface area contributed by atoms with E-state index in [1.54, 1.807) is 26.4 Å². The lowest BCUT2D eigenvalue weighted by Crippen LogP contribution is -2.04. The molecule has 0 amide bonds. The van der Waals surface area contributed by atoms with Crippen LogP contribution in [0.1, 0.15) is 10.4 Å². The summed E-state index contributed by atoms with van der Waals surface area (Å²) in [5.74, 6) is 1.78. The monoisotopic (exact) mass is 288 g/mol. The highest BCUT2D eigenvalue weighted by molar-refractivity contribution is 8.00. The molecular weight excluding hydrogens is 272 g/mol. The van der Waals surface area contributed by atoms with Gasteiger partial charge in [-0.05, 0) is 24.3 Å². The van der Waals surface area contributed by atoms with Gasteiger partial charge in [0.1, 0.15) is 11.5 Å². The Kier molecular flexibility index (Phi) is 5.07. The van der Waals surface area contributed by atoms with Crippen LogP contribution in [0.3, 0.4) is 0 Å². The van der Waals surface area contributed by atoms with Gasteiger partial charge in [0.2, 0.25) is 0 Å². The van der Waals surface area contributed by atoms with Crippen LogP contribution >= 0.6 is 11.8 Å². The van der Waals surface area contributed by atoms with Crippen molar-refractivity contribution in [2.24, 2.45) is 0 Å². The maximum atomic E-state index is 12.3. The third kappa shape index (κ3) is 3.33. The Morgan fingerprint density at radius 3 is 2.25 bits per heavy atom. The molecule has 2 aromatic carbocycles.